The van der Waals surface area contributed by atoms with Crippen LogP contribution in [-0.2, 0) is 25.5 Å². The molecule has 0 amide bonds. The number of methoxy groups -OCH3 is 2. The topological polar surface area (TPSA) is 99.6 Å². The number of hydrogen-bond donors (Lipinski definition) is 1. The lowest BCUT2D eigenvalue weighted by molar-refractivity contribution is -0.155. The summed E-state index contributed by atoms with van der Waals surface area (Å²) in [4.78, 5) is 36.7. The zero-order valence-corrected chi connectivity index (χ0v) is 19.3. The summed E-state index contributed by atoms with van der Waals surface area (Å²) in [5.41, 5.74) is 0.206. The smallest absolute Gasteiger partial charge is 0.354 e. The Balaban J connectivity index is 0.000000330. The van der Waals surface area contributed by atoms with Gasteiger partial charge in [0.15, 0.2) is 0 Å². The highest BCUT2D eigenvalue weighted by atomic mass is 79.9. The summed E-state index contributed by atoms with van der Waals surface area (Å²) in [5, 5.41) is 0. The van der Waals surface area contributed by atoms with Crippen molar-refractivity contribution in [2.24, 2.45) is 0 Å². The third-order valence-electron chi connectivity index (χ3n) is 3.03. The van der Waals surface area contributed by atoms with Crippen molar-refractivity contribution in [1.82, 2.24) is 9.55 Å². The third kappa shape index (κ3) is 7.89. The van der Waals surface area contributed by atoms with E-state index in [2.05, 4.69) is 46.3 Å². The number of ether oxygens (including phenoxy) is 3. The first kappa shape index (κ1) is 24.0. The van der Waals surface area contributed by atoms with Crippen molar-refractivity contribution < 1.29 is 28.6 Å². The molecule has 0 aliphatic carbocycles. The van der Waals surface area contributed by atoms with Crippen LogP contribution >= 0.6 is 31.9 Å². The van der Waals surface area contributed by atoms with E-state index in [9.17, 15) is 14.4 Å². The van der Waals surface area contributed by atoms with Gasteiger partial charge in [0.2, 0.25) is 0 Å². The fourth-order valence-corrected chi connectivity index (χ4v) is 2.80. The molecule has 2 aromatic rings. The highest BCUT2D eigenvalue weighted by Crippen LogP contribution is 2.17. The summed E-state index contributed by atoms with van der Waals surface area (Å²) in [6, 6.07) is 3.25. The Labute approximate surface area is 179 Å². The second-order valence-corrected chi connectivity index (χ2v) is 8.30. The maximum atomic E-state index is 11.7. The first-order valence-electron chi connectivity index (χ1n) is 8.05. The van der Waals surface area contributed by atoms with Crippen LogP contribution in [0.3, 0.4) is 0 Å². The molecular weight excluding hydrogens is 500 g/mol. The van der Waals surface area contributed by atoms with Crippen molar-refractivity contribution >= 4 is 49.8 Å². The molecular formula is C18H22Br2N2O6. The van der Waals surface area contributed by atoms with Gasteiger partial charge in [0.1, 0.15) is 23.5 Å². The maximum Gasteiger partial charge on any atom is 0.354 e. The van der Waals surface area contributed by atoms with Gasteiger partial charge in [-0.25, -0.2) is 9.59 Å². The highest BCUT2D eigenvalue weighted by Gasteiger charge is 2.20. The van der Waals surface area contributed by atoms with Crippen LogP contribution in [0.1, 0.15) is 41.7 Å². The molecule has 0 radical (unpaired) electrons. The summed E-state index contributed by atoms with van der Waals surface area (Å²) in [6.45, 7) is 5.33. The number of H-pyrrole nitrogens is 1. The third-order valence-corrected chi connectivity index (χ3v) is 3.92. The molecule has 8 nitrogen and oxygen atoms in total. The van der Waals surface area contributed by atoms with E-state index in [1.165, 1.54) is 18.8 Å². The van der Waals surface area contributed by atoms with Gasteiger partial charge < -0.3 is 23.8 Å². The van der Waals surface area contributed by atoms with E-state index in [0.717, 1.165) is 4.47 Å². The molecule has 0 aromatic carbocycles. The zero-order valence-electron chi connectivity index (χ0n) is 16.2. The van der Waals surface area contributed by atoms with E-state index in [1.807, 2.05) is 0 Å². The van der Waals surface area contributed by atoms with Crippen LogP contribution < -0.4 is 0 Å². The lowest BCUT2D eigenvalue weighted by Gasteiger charge is -2.19. The van der Waals surface area contributed by atoms with E-state index in [1.54, 1.807) is 45.3 Å². The van der Waals surface area contributed by atoms with E-state index in [0.29, 0.717) is 15.9 Å². The lowest BCUT2D eigenvalue weighted by Crippen LogP contribution is -2.27. The van der Waals surface area contributed by atoms with Crippen molar-refractivity contribution in [3.8, 4) is 0 Å². The first-order valence-corrected chi connectivity index (χ1v) is 9.63. The van der Waals surface area contributed by atoms with Crippen LogP contribution in [0.5, 0.6) is 0 Å². The molecule has 0 unspecified atom stereocenters. The molecule has 28 heavy (non-hydrogen) atoms. The molecule has 0 aliphatic heterocycles. The number of esters is 3. The van der Waals surface area contributed by atoms with Crippen LogP contribution in [-0.4, -0.2) is 47.3 Å². The minimum atomic E-state index is -0.549. The van der Waals surface area contributed by atoms with E-state index in [-0.39, 0.29) is 12.5 Å². The molecule has 0 atom stereocenters. The number of nitrogens with zero attached hydrogens (tertiary/aromatic N) is 1. The number of carbonyl (C=O) groups excluding carboxylic acids is 3. The van der Waals surface area contributed by atoms with Gasteiger partial charge in [-0.3, -0.25) is 4.79 Å². The Hall–Kier alpha value is -2.07. The van der Waals surface area contributed by atoms with Crippen molar-refractivity contribution in [2.75, 3.05) is 14.2 Å². The van der Waals surface area contributed by atoms with E-state index >= 15 is 0 Å². The van der Waals surface area contributed by atoms with Crippen LogP contribution in [0.25, 0.3) is 0 Å². The van der Waals surface area contributed by atoms with Gasteiger partial charge in [0.05, 0.1) is 14.2 Å². The van der Waals surface area contributed by atoms with Crippen LogP contribution in [0, 0.1) is 0 Å². The fraction of sp³-hybridized carbons (Fsp3) is 0.389. The van der Waals surface area contributed by atoms with Crippen molar-refractivity contribution in [3.05, 3.63) is 44.9 Å². The average Bonchev–Trinajstić information content (AvgIpc) is 3.18. The normalized spacial score (nSPS) is 10.5. The van der Waals surface area contributed by atoms with Gasteiger partial charge in [0.25, 0.3) is 0 Å². The Kier molecular flexibility index (Phi) is 8.96. The van der Waals surface area contributed by atoms with Gasteiger partial charge in [0, 0.05) is 21.3 Å². The minimum Gasteiger partial charge on any atom is -0.464 e. The molecule has 0 aliphatic rings. The van der Waals surface area contributed by atoms with Crippen molar-refractivity contribution in [1.29, 1.82) is 0 Å². The monoisotopic (exact) mass is 520 g/mol. The van der Waals surface area contributed by atoms with Gasteiger partial charge in [-0.2, -0.15) is 0 Å². The number of carbonyl (C=O) groups is 3. The number of hydrogen-bond acceptors (Lipinski definition) is 6. The molecule has 1 N–H and O–H groups in total. The molecule has 0 spiro atoms. The summed E-state index contributed by atoms with van der Waals surface area (Å²) in [6.07, 6.45) is 3.31. The molecule has 0 bridgehead atoms. The molecule has 0 saturated carbocycles. The molecule has 0 saturated heterocycles. The van der Waals surface area contributed by atoms with Crippen molar-refractivity contribution in [2.45, 2.75) is 32.9 Å². The van der Waals surface area contributed by atoms with Crippen LogP contribution in [0.15, 0.2) is 33.5 Å². The van der Waals surface area contributed by atoms with Gasteiger partial charge >= 0.3 is 17.9 Å². The molecule has 0 fully saturated rings. The number of aromatic amines is 1. The summed E-state index contributed by atoms with van der Waals surface area (Å²) < 4.78 is 17.3. The Morgan fingerprint density at radius 3 is 2.11 bits per heavy atom. The number of halogens is 2. The summed E-state index contributed by atoms with van der Waals surface area (Å²) >= 11 is 6.44. The quantitative estimate of drug-likeness (QED) is 0.483. The number of rotatable bonds is 4. The number of nitrogens with one attached hydrogen (secondary N) is 1. The number of aromatic nitrogens is 2. The average molecular weight is 522 g/mol. The molecule has 2 aromatic heterocycles. The first-order chi connectivity index (χ1) is 13.0. The SMILES string of the molecule is COC(=O)c1cc(Br)c[nH]1.COC(=O)c1cc(Br)cn1CC(=O)OC(C)(C)C. The molecule has 2 heterocycles. The van der Waals surface area contributed by atoms with E-state index < -0.39 is 17.5 Å². The van der Waals surface area contributed by atoms with Gasteiger partial charge in [-0.15, -0.1) is 0 Å². The summed E-state index contributed by atoms with van der Waals surface area (Å²) in [5.74, 6) is -1.26. The van der Waals surface area contributed by atoms with Crippen LogP contribution in [0.4, 0.5) is 0 Å². The highest BCUT2D eigenvalue weighted by molar-refractivity contribution is 9.10. The lowest BCUT2D eigenvalue weighted by atomic mass is 10.2. The molecule has 154 valence electrons. The minimum absolute atomic E-state index is 0.0344. The van der Waals surface area contributed by atoms with E-state index in [4.69, 9.17) is 4.74 Å². The molecule has 10 heteroatoms. The predicted molar refractivity (Wildman–Crippen MR) is 109 cm³/mol. The summed E-state index contributed by atoms with van der Waals surface area (Å²) in [7, 11) is 2.64. The predicted octanol–water partition coefficient (Wildman–Crippen LogP) is 3.94. The standard InChI is InChI=1S/C12H16BrNO4.C6H6BrNO2/c1-12(2,3)18-10(15)7-14-6-8(13)5-9(14)11(16)17-4;1-10-6(9)5-2-4(7)3-8-5/h5-6H,7H2,1-4H3;2-3,8H,1H3. The Morgan fingerprint density at radius 1 is 1.04 bits per heavy atom. The largest absolute Gasteiger partial charge is 0.464 e. The second-order valence-electron chi connectivity index (χ2n) is 6.47. The van der Waals surface area contributed by atoms with Gasteiger partial charge in [-0.05, 0) is 64.8 Å². The second kappa shape index (κ2) is 10.5. The van der Waals surface area contributed by atoms with Crippen molar-refractivity contribution in [3.63, 3.8) is 0 Å². The fourth-order valence-electron chi connectivity index (χ4n) is 1.99. The molecule has 2 rings (SSSR count). The van der Waals surface area contributed by atoms with Crippen LogP contribution in [0.2, 0.25) is 0 Å². The Morgan fingerprint density at radius 2 is 1.64 bits per heavy atom. The zero-order chi connectivity index (χ0) is 21.5. The van der Waals surface area contributed by atoms with Gasteiger partial charge in [-0.1, -0.05) is 0 Å². The Bertz CT molecular complexity index is 835. The maximum absolute atomic E-state index is 11.7.